The number of esters is 1. The number of nitrogens with one attached hydrogen (secondary N) is 2. The van der Waals surface area contributed by atoms with E-state index in [0.717, 1.165) is 57.9 Å². The highest BCUT2D eigenvalue weighted by Crippen LogP contribution is 2.42. The van der Waals surface area contributed by atoms with E-state index in [1.807, 2.05) is 32.2 Å². The zero-order valence-corrected chi connectivity index (χ0v) is 44.6. The monoisotopic (exact) mass is 1020 g/mol. The smallest absolute Gasteiger partial charge is 0.324 e. The number of pyridine rings is 1. The molecule has 20 heteroatoms. The van der Waals surface area contributed by atoms with E-state index in [1.165, 1.54) is 21.2 Å². The maximum absolute atomic E-state index is 14.6. The second kappa shape index (κ2) is 23.4. The zero-order chi connectivity index (χ0) is 44.7. The van der Waals surface area contributed by atoms with Crippen LogP contribution in [0.1, 0.15) is 76.8 Å². The fraction of sp³-hybridized carbons (Fsp3) is 0.574. The number of hydrogen-bond acceptors (Lipinski definition) is 11. The number of urea groups is 1. The predicted molar refractivity (Wildman–Crippen MR) is 282 cm³/mol. The molecule has 4 amide bonds. The third-order valence-electron chi connectivity index (χ3n) is 13.3. The van der Waals surface area contributed by atoms with Gasteiger partial charge in [-0.3, -0.25) is 24.4 Å². The van der Waals surface area contributed by atoms with Crippen molar-refractivity contribution in [3.63, 3.8) is 0 Å². The molecule has 0 aliphatic carbocycles. The summed E-state index contributed by atoms with van der Waals surface area (Å²) >= 11 is 1.43. The molecule has 6 bridgehead atoms. The molecule has 15 nitrogen and oxygen atoms in total. The Balaban J connectivity index is 0.00000245. The number of rotatable bonds is 9. The van der Waals surface area contributed by atoms with Gasteiger partial charge < -0.3 is 33.9 Å². The SMILES string of the molecule is CCn1c(-c2cccnc2[C@H](C)OC)c2c3cc(ccc31)-c1csc(n1)C[C@H](NC(=O)[C@H](C(C)C)N(C)C(=O)N1CC(C3COC3)C1)C(=O)N1CCC[C@H](N1)C(=O)OCC(C)(C)C2.S.S.S.S. The molecule has 0 radical (unpaired) electrons. The number of hydrogen-bond donors (Lipinski definition) is 2. The molecule has 8 rings (SSSR count). The van der Waals surface area contributed by atoms with Crippen molar-refractivity contribution in [1.29, 1.82) is 0 Å². The lowest BCUT2D eigenvalue weighted by Gasteiger charge is -2.48. The van der Waals surface area contributed by atoms with Crippen LogP contribution >= 0.6 is 65.3 Å². The molecule has 0 spiro atoms. The molecule has 2 N–H and O–H groups in total. The maximum atomic E-state index is 14.6. The first kappa shape index (κ1) is 56.1. The Morgan fingerprint density at radius 1 is 1.07 bits per heavy atom. The van der Waals surface area contributed by atoms with Gasteiger partial charge in [0.2, 0.25) is 5.91 Å². The maximum Gasteiger partial charge on any atom is 0.324 e. The Morgan fingerprint density at radius 3 is 2.46 bits per heavy atom. The second-order valence-electron chi connectivity index (χ2n) is 18.8. The van der Waals surface area contributed by atoms with Crippen LogP contribution in [0, 0.1) is 23.2 Å². The summed E-state index contributed by atoms with van der Waals surface area (Å²) in [6.45, 7) is 16.1. The summed E-state index contributed by atoms with van der Waals surface area (Å²) < 4.78 is 19.6. The molecule has 3 aromatic heterocycles. The average molecular weight is 1020 g/mol. The Hall–Kier alpha value is -3.50. The van der Waals surface area contributed by atoms with Crippen molar-refractivity contribution >= 4 is 100 Å². The van der Waals surface area contributed by atoms with Crippen molar-refractivity contribution < 1.29 is 33.4 Å². The van der Waals surface area contributed by atoms with Crippen LogP contribution in [0.5, 0.6) is 0 Å². The van der Waals surface area contributed by atoms with Crippen LogP contribution < -0.4 is 10.7 Å². The summed E-state index contributed by atoms with van der Waals surface area (Å²) in [6.07, 6.45) is 3.31. The quantitative estimate of drug-likeness (QED) is 0.182. The van der Waals surface area contributed by atoms with Gasteiger partial charge in [0.1, 0.15) is 18.1 Å². The zero-order valence-electron chi connectivity index (χ0n) is 39.8. The van der Waals surface area contributed by atoms with E-state index in [2.05, 4.69) is 60.3 Å². The number of hydrazine groups is 1. The molecule has 0 unspecified atom stereocenters. The summed E-state index contributed by atoms with van der Waals surface area (Å²) in [5, 5.41) is 8.22. The number of ether oxygens (including phenoxy) is 3. The summed E-state index contributed by atoms with van der Waals surface area (Å²) in [6, 6.07) is 7.62. The summed E-state index contributed by atoms with van der Waals surface area (Å²) in [7, 11) is 3.35. The van der Waals surface area contributed by atoms with E-state index in [1.54, 1.807) is 25.3 Å². The Labute approximate surface area is 426 Å². The minimum Gasteiger partial charge on any atom is -0.464 e. The summed E-state index contributed by atoms with van der Waals surface area (Å²) in [4.78, 5) is 69.7. The lowest BCUT2D eigenvalue weighted by Crippen LogP contribution is -2.64. The van der Waals surface area contributed by atoms with Crippen molar-refractivity contribution in [2.45, 2.75) is 98.0 Å². The second-order valence-corrected chi connectivity index (χ2v) is 19.8. The number of carbonyl (C=O) groups excluding carboxylic acids is 4. The number of fused-ring (bicyclic) bond motifs is 6. The molecule has 4 aromatic rings. The summed E-state index contributed by atoms with van der Waals surface area (Å²) in [5.74, 6) is -0.618. The van der Waals surface area contributed by atoms with E-state index in [0.29, 0.717) is 62.3 Å². The van der Waals surface area contributed by atoms with Crippen molar-refractivity contribution in [2.24, 2.45) is 23.2 Å². The van der Waals surface area contributed by atoms with Crippen molar-refractivity contribution in [3.8, 4) is 22.5 Å². The minimum atomic E-state index is -1.04. The molecule has 3 saturated heterocycles. The summed E-state index contributed by atoms with van der Waals surface area (Å²) in [5.41, 5.74) is 9.40. The third-order valence-corrected chi connectivity index (χ3v) is 14.2. The number of cyclic esters (lactones) is 1. The highest BCUT2D eigenvalue weighted by Gasteiger charge is 2.43. The van der Waals surface area contributed by atoms with Gasteiger partial charge in [0.15, 0.2) is 0 Å². The molecule has 4 atom stereocenters. The van der Waals surface area contributed by atoms with Gasteiger partial charge in [0.25, 0.3) is 5.91 Å². The molecule has 4 aliphatic heterocycles. The molecule has 7 heterocycles. The lowest BCUT2D eigenvalue weighted by atomic mass is 9.84. The largest absolute Gasteiger partial charge is 0.464 e. The first-order chi connectivity index (χ1) is 30.2. The third kappa shape index (κ3) is 11.6. The van der Waals surface area contributed by atoms with Gasteiger partial charge in [-0.2, -0.15) is 54.0 Å². The van der Waals surface area contributed by atoms with Crippen LogP contribution in [0.4, 0.5) is 4.79 Å². The van der Waals surface area contributed by atoms with E-state index in [9.17, 15) is 19.2 Å². The van der Waals surface area contributed by atoms with Gasteiger partial charge in [-0.05, 0) is 68.9 Å². The van der Waals surface area contributed by atoms with Crippen LogP contribution in [0.15, 0.2) is 41.9 Å². The number of benzene rings is 1. The first-order valence-corrected chi connectivity index (χ1v) is 23.3. The highest BCUT2D eigenvalue weighted by atomic mass is 32.1. The van der Waals surface area contributed by atoms with Gasteiger partial charge in [-0.1, -0.05) is 33.8 Å². The molecular weight excluding hydrogens is 949 g/mol. The van der Waals surface area contributed by atoms with Crippen LogP contribution in [0.3, 0.4) is 0 Å². The molecule has 3 fully saturated rings. The number of amides is 4. The Kier molecular flexibility index (Phi) is 19.6. The van der Waals surface area contributed by atoms with Gasteiger partial charge in [0, 0.05) is 97.6 Å². The van der Waals surface area contributed by atoms with Gasteiger partial charge in [-0.15, -0.1) is 11.3 Å². The first-order valence-electron chi connectivity index (χ1n) is 22.4. The lowest BCUT2D eigenvalue weighted by molar-refractivity contribution is -0.155. The number of nitrogens with zero attached hydrogens (tertiary/aromatic N) is 6. The number of likely N-dealkylation sites (N-methyl/N-ethyl adjacent to an activating group) is 1. The van der Waals surface area contributed by atoms with Gasteiger partial charge in [0.05, 0.1) is 48.0 Å². The van der Waals surface area contributed by atoms with E-state index in [-0.39, 0.29) is 91.0 Å². The van der Waals surface area contributed by atoms with Crippen molar-refractivity contribution in [1.82, 2.24) is 40.1 Å². The number of thiazole rings is 1. The predicted octanol–water partition coefficient (Wildman–Crippen LogP) is 6.31. The fourth-order valence-electron chi connectivity index (χ4n) is 9.58. The Morgan fingerprint density at radius 2 is 1.81 bits per heavy atom. The highest BCUT2D eigenvalue weighted by molar-refractivity contribution is 7.59. The minimum absolute atomic E-state index is 0. The van der Waals surface area contributed by atoms with Gasteiger partial charge in [-0.25, -0.2) is 15.2 Å². The average Bonchev–Trinajstić information content (AvgIpc) is 3.83. The van der Waals surface area contributed by atoms with Gasteiger partial charge >= 0.3 is 12.0 Å². The van der Waals surface area contributed by atoms with Crippen LogP contribution in [-0.4, -0.2) is 125 Å². The van der Waals surface area contributed by atoms with Crippen molar-refractivity contribution in [3.05, 3.63) is 58.2 Å². The number of carbonyl (C=O) groups is 4. The standard InChI is InChI=1S/C47H62N8O7S.4H2S/c1-9-54-38-15-14-29-18-33(38)34(42(54)32-12-10-16-48-40(32)28(4)60-8)20-47(5,6)26-62-45(58)35-13-11-17-55(51-35)44(57)36(19-39-49-37(29)25-63-39)50-43(56)41(27(2)3)52(7)46(59)53-21-30(22-53)31-23-61-24-31;;;;/h10,12,14-16,18,25,27-28,30-31,35-36,41,51H,9,11,13,17,19-24,26H2,1-8H3,(H,50,56);4*1H2/t28-,35-,36-,41-;;;;/m0..../s1. The molecule has 1 aromatic carbocycles. The van der Waals surface area contributed by atoms with Crippen LogP contribution in [-0.2, 0) is 48.0 Å². The number of methoxy groups -OCH3 is 1. The van der Waals surface area contributed by atoms with E-state index in [4.69, 9.17) is 24.2 Å². The number of likely N-dealkylation sites (tertiary alicyclic amines) is 1. The van der Waals surface area contributed by atoms with Crippen LogP contribution in [0.2, 0.25) is 0 Å². The van der Waals surface area contributed by atoms with Crippen molar-refractivity contribution in [2.75, 3.05) is 53.6 Å². The molecule has 67 heavy (non-hydrogen) atoms. The fourth-order valence-corrected chi connectivity index (χ4v) is 10.4. The molecule has 4 aliphatic rings. The number of aryl methyl sites for hydroxylation is 1. The Bertz CT molecular complexity index is 2370. The molecule has 0 saturated carbocycles. The van der Waals surface area contributed by atoms with E-state index >= 15 is 0 Å². The molecule has 370 valence electrons. The molecular formula is C47H70N8O7S5. The number of aromatic nitrogens is 3. The topological polar surface area (TPSA) is 160 Å². The normalized spacial score (nSPS) is 20.6. The van der Waals surface area contributed by atoms with E-state index < -0.39 is 35.4 Å². The van der Waals surface area contributed by atoms with Crippen LogP contribution in [0.25, 0.3) is 33.4 Å².